The van der Waals surface area contributed by atoms with E-state index in [1.165, 1.54) is 12.3 Å². The minimum absolute atomic E-state index is 0.0760. The summed E-state index contributed by atoms with van der Waals surface area (Å²) in [5.41, 5.74) is 14.2. The van der Waals surface area contributed by atoms with E-state index in [0.29, 0.717) is 50.8 Å². The van der Waals surface area contributed by atoms with Crippen molar-refractivity contribution in [2.45, 2.75) is 18.6 Å². The van der Waals surface area contributed by atoms with Crippen molar-refractivity contribution < 1.29 is 27.4 Å². The van der Waals surface area contributed by atoms with Gasteiger partial charge >= 0.3 is 6.18 Å². The number of rotatable bonds is 8. The van der Waals surface area contributed by atoms with Gasteiger partial charge in [-0.1, -0.05) is 18.2 Å². The van der Waals surface area contributed by atoms with Crippen LogP contribution in [0.3, 0.4) is 0 Å². The molecule has 0 saturated heterocycles. The number of methoxy groups -OCH3 is 2. The summed E-state index contributed by atoms with van der Waals surface area (Å²) in [5, 5.41) is 2.32. The molecule has 0 amide bonds. The first-order valence-corrected chi connectivity index (χ1v) is 12.3. The monoisotopic (exact) mass is 549 g/mol. The fourth-order valence-electron chi connectivity index (χ4n) is 4.48. The van der Waals surface area contributed by atoms with Crippen LogP contribution in [0.2, 0.25) is 0 Å². The molecule has 4 N–H and O–H groups in total. The Balaban J connectivity index is 1.39. The third kappa shape index (κ3) is 5.55. The van der Waals surface area contributed by atoms with Crippen LogP contribution in [0.5, 0.6) is 17.2 Å². The van der Waals surface area contributed by atoms with Crippen molar-refractivity contribution in [3.8, 4) is 28.5 Å². The van der Waals surface area contributed by atoms with Crippen molar-refractivity contribution in [2.75, 3.05) is 26.6 Å². The molecule has 5 rings (SSSR count). The van der Waals surface area contributed by atoms with Crippen LogP contribution in [-0.4, -0.2) is 41.8 Å². The van der Waals surface area contributed by atoms with Gasteiger partial charge in [-0.3, -0.25) is 9.97 Å². The first kappa shape index (κ1) is 26.9. The van der Waals surface area contributed by atoms with Crippen molar-refractivity contribution in [3.63, 3.8) is 0 Å². The summed E-state index contributed by atoms with van der Waals surface area (Å²) in [6.07, 6.45) is 0.635. The molecular weight excluding hydrogens is 523 g/mol. The van der Waals surface area contributed by atoms with Crippen molar-refractivity contribution in [1.29, 1.82) is 0 Å². The third-order valence-corrected chi connectivity index (χ3v) is 6.44. The molecule has 11 heteroatoms. The number of halogens is 3. The van der Waals surface area contributed by atoms with Crippen LogP contribution in [0.4, 0.5) is 19.0 Å². The molecule has 5 aromatic rings. The van der Waals surface area contributed by atoms with Crippen molar-refractivity contribution in [3.05, 3.63) is 78.2 Å². The Labute approximate surface area is 227 Å². The highest BCUT2D eigenvalue weighted by molar-refractivity contribution is 6.10. The van der Waals surface area contributed by atoms with E-state index >= 15 is 0 Å². The number of fused-ring (bicyclic) bond motifs is 3. The second-order valence-electron chi connectivity index (χ2n) is 9.22. The molecule has 40 heavy (non-hydrogen) atoms. The molecule has 1 atom stereocenters. The second kappa shape index (κ2) is 10.9. The minimum Gasteiger partial charge on any atom is -0.493 e. The number of alkyl halides is 3. The minimum atomic E-state index is -4.41. The normalized spacial score (nSPS) is 12.4. The molecule has 0 aliphatic carbocycles. The lowest BCUT2D eigenvalue weighted by Gasteiger charge is -2.15. The Morgan fingerprint density at radius 3 is 2.42 bits per heavy atom. The van der Waals surface area contributed by atoms with E-state index in [0.717, 1.165) is 22.9 Å². The molecule has 0 fully saturated rings. The molecule has 8 nitrogen and oxygen atoms in total. The maximum absolute atomic E-state index is 13.0. The van der Waals surface area contributed by atoms with Crippen LogP contribution in [0.1, 0.15) is 11.1 Å². The van der Waals surface area contributed by atoms with Gasteiger partial charge in [-0.25, -0.2) is 4.98 Å². The molecule has 0 spiro atoms. The summed E-state index contributed by atoms with van der Waals surface area (Å²) in [4.78, 5) is 13.3. The number of hydrogen-bond acceptors (Lipinski definition) is 8. The number of aromatic nitrogens is 3. The van der Waals surface area contributed by atoms with Gasteiger partial charge in [0.1, 0.15) is 18.2 Å². The molecule has 3 heterocycles. The zero-order valence-electron chi connectivity index (χ0n) is 21.7. The van der Waals surface area contributed by atoms with Crippen LogP contribution in [-0.2, 0) is 12.6 Å². The van der Waals surface area contributed by atoms with E-state index in [9.17, 15) is 13.2 Å². The summed E-state index contributed by atoms with van der Waals surface area (Å²) in [7, 11) is 3.12. The molecule has 0 bridgehead atoms. The number of anilines is 1. The van der Waals surface area contributed by atoms with Crippen LogP contribution < -0.4 is 25.7 Å². The summed E-state index contributed by atoms with van der Waals surface area (Å²) >= 11 is 0. The largest absolute Gasteiger partial charge is 0.493 e. The molecule has 206 valence electrons. The number of nitrogen functional groups attached to an aromatic ring is 1. The lowest BCUT2D eigenvalue weighted by molar-refractivity contribution is -0.137. The molecule has 0 aliphatic heterocycles. The topological polar surface area (TPSA) is 118 Å². The maximum Gasteiger partial charge on any atom is 0.416 e. The summed E-state index contributed by atoms with van der Waals surface area (Å²) in [6.45, 7) is 0.0760. The molecule has 0 aliphatic rings. The van der Waals surface area contributed by atoms with E-state index in [2.05, 4.69) is 15.0 Å². The predicted octanol–water partition coefficient (Wildman–Crippen LogP) is 5.41. The van der Waals surface area contributed by atoms with Gasteiger partial charge in [0.2, 0.25) is 0 Å². The van der Waals surface area contributed by atoms with Crippen molar-refractivity contribution in [2.24, 2.45) is 5.73 Å². The molecular formula is C29H26F3N5O3. The average molecular weight is 550 g/mol. The molecule has 3 aromatic heterocycles. The smallest absolute Gasteiger partial charge is 0.416 e. The highest BCUT2D eigenvalue weighted by Crippen LogP contribution is 2.37. The lowest BCUT2D eigenvalue weighted by Crippen LogP contribution is -2.30. The van der Waals surface area contributed by atoms with E-state index in [1.807, 2.05) is 12.1 Å². The van der Waals surface area contributed by atoms with Gasteiger partial charge in [-0.2, -0.15) is 13.2 Å². The number of hydrogen-bond donors (Lipinski definition) is 2. The fraction of sp³-hybridized carbons (Fsp3) is 0.207. The number of pyridine rings is 3. The van der Waals surface area contributed by atoms with Crippen molar-refractivity contribution in [1.82, 2.24) is 15.0 Å². The van der Waals surface area contributed by atoms with E-state index in [4.69, 9.17) is 25.7 Å². The fourth-order valence-corrected chi connectivity index (χ4v) is 4.48. The summed E-state index contributed by atoms with van der Waals surface area (Å²) in [6, 6.07) is 11.9. The van der Waals surface area contributed by atoms with Gasteiger partial charge in [0.05, 0.1) is 37.2 Å². The molecule has 0 saturated carbocycles. The summed E-state index contributed by atoms with van der Waals surface area (Å²) < 4.78 is 55.8. The quantitative estimate of drug-likeness (QED) is 0.247. The van der Waals surface area contributed by atoms with Gasteiger partial charge in [0.15, 0.2) is 11.5 Å². The number of benzene rings is 2. The van der Waals surface area contributed by atoms with Crippen LogP contribution in [0.25, 0.3) is 32.9 Å². The maximum atomic E-state index is 13.0. The van der Waals surface area contributed by atoms with E-state index in [-0.39, 0.29) is 13.0 Å². The standard InChI is InChI=1S/C29H26F3N5O3/c1-38-26-10-22-21-9-24(37-28(34)23(21)14-36-25(22)11-27(26)39-2)17-8-20(13-35-12-17)40-15-19(33)7-16-4-3-5-18(6-16)29(30,31)32/h3-6,8-14,19H,7,15,33H2,1-2H3,(H2,34,37)/t19-/m1/s1. The van der Waals surface area contributed by atoms with Gasteiger partial charge in [0.25, 0.3) is 0 Å². The number of nitrogens with zero attached hydrogens (tertiary/aromatic N) is 3. The Hall–Kier alpha value is -4.64. The Morgan fingerprint density at radius 1 is 0.900 bits per heavy atom. The van der Waals surface area contributed by atoms with Gasteiger partial charge in [-0.05, 0) is 41.6 Å². The lowest BCUT2D eigenvalue weighted by atomic mass is 10.0. The number of nitrogens with two attached hydrogens (primary N) is 2. The summed E-state index contributed by atoms with van der Waals surface area (Å²) in [5.74, 6) is 1.85. The van der Waals surface area contributed by atoms with Gasteiger partial charge in [-0.15, -0.1) is 0 Å². The molecule has 2 aromatic carbocycles. The average Bonchev–Trinajstić information content (AvgIpc) is 2.95. The Morgan fingerprint density at radius 2 is 1.68 bits per heavy atom. The highest BCUT2D eigenvalue weighted by Gasteiger charge is 2.30. The SMILES string of the molecule is COc1cc2ncc3c(N)nc(-c4cncc(OC[C@H](N)Cc5cccc(C(F)(F)F)c5)c4)cc3c2cc1OC. The van der Waals surface area contributed by atoms with Crippen molar-refractivity contribution >= 4 is 27.5 Å². The third-order valence-electron chi connectivity index (χ3n) is 6.44. The van der Waals surface area contributed by atoms with E-state index in [1.54, 1.807) is 44.8 Å². The van der Waals surface area contributed by atoms with Gasteiger partial charge < -0.3 is 25.7 Å². The first-order valence-electron chi connectivity index (χ1n) is 12.3. The second-order valence-corrected chi connectivity index (χ2v) is 9.22. The Bertz CT molecular complexity index is 1690. The zero-order chi connectivity index (χ0) is 28.4. The zero-order valence-corrected chi connectivity index (χ0v) is 21.7. The number of ether oxygens (including phenoxy) is 3. The first-order chi connectivity index (χ1) is 19.2. The van der Waals surface area contributed by atoms with E-state index < -0.39 is 17.8 Å². The molecule has 0 radical (unpaired) electrons. The van der Waals surface area contributed by atoms with Crippen LogP contribution >= 0.6 is 0 Å². The van der Waals surface area contributed by atoms with Gasteiger partial charge in [0, 0.05) is 40.8 Å². The predicted molar refractivity (Wildman–Crippen MR) is 146 cm³/mol. The van der Waals surface area contributed by atoms with Crippen LogP contribution in [0.15, 0.2) is 67.1 Å². The van der Waals surface area contributed by atoms with Crippen LogP contribution in [0, 0.1) is 0 Å². The molecule has 0 unspecified atom stereocenters. The highest BCUT2D eigenvalue weighted by atomic mass is 19.4. The Kier molecular flexibility index (Phi) is 7.31.